The Bertz CT molecular complexity index is 1380. The van der Waals surface area contributed by atoms with Gasteiger partial charge in [-0.3, -0.25) is 14.2 Å². The molecule has 1 amide bonds. The second-order valence-electron chi connectivity index (χ2n) is 8.79. The van der Waals surface area contributed by atoms with E-state index in [2.05, 4.69) is 37.7 Å². The minimum Gasteiger partial charge on any atom is -0.376 e. The van der Waals surface area contributed by atoms with Crippen molar-refractivity contribution in [3.8, 4) is 5.82 Å². The largest absolute Gasteiger partial charge is 0.376 e. The molecule has 0 radical (unpaired) electrons. The molecule has 1 saturated carbocycles. The summed E-state index contributed by atoms with van der Waals surface area (Å²) in [6.45, 7) is 7.18. The van der Waals surface area contributed by atoms with Gasteiger partial charge in [-0.05, 0) is 51.0 Å². The van der Waals surface area contributed by atoms with E-state index in [1.165, 1.54) is 29.5 Å². The van der Waals surface area contributed by atoms with Gasteiger partial charge in [0.1, 0.15) is 17.3 Å². The van der Waals surface area contributed by atoms with E-state index in [0.29, 0.717) is 11.4 Å². The fraction of sp³-hybridized carbons (Fsp3) is 0.320. The molecule has 1 fully saturated rings. The predicted molar refractivity (Wildman–Crippen MR) is 139 cm³/mol. The van der Waals surface area contributed by atoms with Gasteiger partial charge in [0, 0.05) is 39.3 Å². The van der Waals surface area contributed by atoms with Crippen LogP contribution < -0.4 is 21.5 Å². The van der Waals surface area contributed by atoms with Gasteiger partial charge in [-0.15, -0.1) is 0 Å². The van der Waals surface area contributed by atoms with Crippen LogP contribution in [0.5, 0.6) is 0 Å². The van der Waals surface area contributed by atoms with Gasteiger partial charge in [0.25, 0.3) is 11.5 Å². The zero-order valence-electron chi connectivity index (χ0n) is 21.1. The number of nitrogens with one attached hydrogen (secondary N) is 3. The summed E-state index contributed by atoms with van der Waals surface area (Å²) in [5.74, 6) is -0.149. The molecule has 12 heteroatoms. The SMILES string of the molecule is C=NN1C(NC)=CC(Nc2cccn(-c3ncccc3F)c2=O)=N/C1=C(/C)C(=O)NC1CC[C@@]1(C)OC. The van der Waals surface area contributed by atoms with Crippen LogP contribution >= 0.6 is 0 Å². The summed E-state index contributed by atoms with van der Waals surface area (Å²) in [4.78, 5) is 34.8. The molecule has 3 heterocycles. The number of methoxy groups -OCH3 is 1. The van der Waals surface area contributed by atoms with Crippen LogP contribution in [0.1, 0.15) is 26.7 Å². The number of aromatic nitrogens is 2. The van der Waals surface area contributed by atoms with E-state index >= 15 is 0 Å². The monoisotopic (exact) mass is 508 g/mol. The Morgan fingerprint density at radius 3 is 2.76 bits per heavy atom. The van der Waals surface area contributed by atoms with Crippen molar-refractivity contribution >= 4 is 24.1 Å². The summed E-state index contributed by atoms with van der Waals surface area (Å²) in [6.07, 6.45) is 6.08. The second kappa shape index (κ2) is 10.3. The normalized spacial score (nSPS) is 22.3. The minimum absolute atomic E-state index is 0.123. The molecule has 1 aliphatic carbocycles. The van der Waals surface area contributed by atoms with E-state index < -0.39 is 17.0 Å². The van der Waals surface area contributed by atoms with Crippen molar-refractivity contribution in [1.82, 2.24) is 25.2 Å². The van der Waals surface area contributed by atoms with Crippen molar-refractivity contribution in [2.75, 3.05) is 19.5 Å². The maximum atomic E-state index is 14.3. The molecule has 2 aromatic heterocycles. The third-order valence-corrected chi connectivity index (χ3v) is 6.62. The maximum Gasteiger partial charge on any atom is 0.280 e. The van der Waals surface area contributed by atoms with Crippen LogP contribution in [0.3, 0.4) is 0 Å². The van der Waals surface area contributed by atoms with Gasteiger partial charge in [0.2, 0.25) is 0 Å². The van der Waals surface area contributed by atoms with Gasteiger partial charge in [0.05, 0.1) is 17.2 Å². The van der Waals surface area contributed by atoms with Crippen LogP contribution in [0.25, 0.3) is 5.82 Å². The summed E-state index contributed by atoms with van der Waals surface area (Å²) in [7, 11) is 3.30. The molecule has 2 aliphatic rings. The molecule has 0 bridgehead atoms. The molecule has 3 N–H and O–H groups in total. The van der Waals surface area contributed by atoms with Crippen molar-refractivity contribution in [2.24, 2.45) is 10.1 Å². The highest BCUT2D eigenvalue weighted by molar-refractivity contribution is 6.06. The third-order valence-electron chi connectivity index (χ3n) is 6.62. The fourth-order valence-electron chi connectivity index (χ4n) is 4.11. The zero-order valence-corrected chi connectivity index (χ0v) is 21.1. The molecule has 11 nitrogen and oxygen atoms in total. The number of hydrogen-bond donors (Lipinski definition) is 3. The lowest BCUT2D eigenvalue weighted by Gasteiger charge is -2.46. The number of amides is 1. The highest BCUT2D eigenvalue weighted by Crippen LogP contribution is 2.35. The number of halogens is 1. The van der Waals surface area contributed by atoms with Gasteiger partial charge in [0.15, 0.2) is 17.5 Å². The van der Waals surface area contributed by atoms with Crippen LogP contribution in [-0.4, -0.2) is 58.8 Å². The van der Waals surface area contributed by atoms with Crippen molar-refractivity contribution in [3.05, 3.63) is 76.1 Å². The average molecular weight is 509 g/mol. The zero-order chi connectivity index (χ0) is 26.7. The molecule has 2 atom stereocenters. The number of ether oxygens (including phenoxy) is 1. The molecule has 37 heavy (non-hydrogen) atoms. The van der Waals surface area contributed by atoms with Crippen LogP contribution in [-0.2, 0) is 9.53 Å². The number of amidine groups is 1. The molecular weight excluding hydrogens is 479 g/mol. The van der Waals surface area contributed by atoms with Gasteiger partial charge >= 0.3 is 0 Å². The van der Waals surface area contributed by atoms with Crippen molar-refractivity contribution in [2.45, 2.75) is 38.3 Å². The van der Waals surface area contributed by atoms with Crippen LogP contribution in [0.4, 0.5) is 10.1 Å². The summed E-state index contributed by atoms with van der Waals surface area (Å²) in [5.41, 5.74) is -0.533. The number of carbonyl (C=O) groups excluding carboxylic acids is 1. The molecule has 0 aromatic carbocycles. The Morgan fingerprint density at radius 1 is 1.35 bits per heavy atom. The molecule has 0 saturated heterocycles. The summed E-state index contributed by atoms with van der Waals surface area (Å²) < 4.78 is 20.9. The second-order valence-corrected chi connectivity index (χ2v) is 8.79. The predicted octanol–water partition coefficient (Wildman–Crippen LogP) is 2.09. The van der Waals surface area contributed by atoms with E-state index in [1.807, 2.05) is 6.92 Å². The molecule has 0 spiro atoms. The molecule has 1 unspecified atom stereocenters. The lowest BCUT2D eigenvalue weighted by molar-refractivity contribution is -0.127. The first-order valence-electron chi connectivity index (χ1n) is 11.6. The Balaban J connectivity index is 1.68. The number of carbonyl (C=O) groups is 1. The first kappa shape index (κ1) is 25.8. The quantitative estimate of drug-likeness (QED) is 0.386. The van der Waals surface area contributed by atoms with Gasteiger partial charge in [-0.2, -0.15) is 10.1 Å². The molecule has 4 rings (SSSR count). The number of anilines is 1. The number of pyridine rings is 2. The first-order chi connectivity index (χ1) is 17.7. The van der Waals surface area contributed by atoms with E-state index in [0.717, 1.165) is 17.4 Å². The average Bonchev–Trinajstić information content (AvgIpc) is 2.91. The highest BCUT2D eigenvalue weighted by Gasteiger charge is 2.44. The van der Waals surface area contributed by atoms with E-state index in [1.54, 1.807) is 39.3 Å². The lowest BCUT2D eigenvalue weighted by atomic mass is 9.76. The van der Waals surface area contributed by atoms with Crippen molar-refractivity contribution in [3.63, 3.8) is 0 Å². The van der Waals surface area contributed by atoms with Crippen molar-refractivity contribution in [1.29, 1.82) is 0 Å². The Kier molecular flexibility index (Phi) is 7.21. The van der Waals surface area contributed by atoms with Gasteiger partial charge in [-0.25, -0.2) is 14.4 Å². The molecule has 2 aromatic rings. The van der Waals surface area contributed by atoms with E-state index in [9.17, 15) is 14.0 Å². The number of hydrogen-bond acceptors (Lipinski definition) is 9. The van der Waals surface area contributed by atoms with Gasteiger partial charge in [-0.1, -0.05) is 0 Å². The van der Waals surface area contributed by atoms with E-state index in [4.69, 9.17) is 4.74 Å². The van der Waals surface area contributed by atoms with Gasteiger partial charge < -0.3 is 20.7 Å². The van der Waals surface area contributed by atoms with Crippen LogP contribution in [0.15, 0.2) is 74.8 Å². The number of hydrazone groups is 1. The topological polar surface area (TPSA) is 125 Å². The highest BCUT2D eigenvalue weighted by atomic mass is 19.1. The minimum atomic E-state index is -0.635. The standard InChI is InChI=1S/C25H29FN8O3/c1-15(23(35)31-18-10-11-25(18,2)37-5)21-32-19(14-20(27-3)34(21)28-4)30-17-9-7-13-33(24(17)36)22-16(26)8-6-12-29-22/h6-9,12-14,18,27H,4,10-11H2,1-3,5H3,(H,30,32)(H,31,35)/b21-15+/t18?,25-/m1/s1. The molecular formula is C25H29FN8O3. The number of rotatable bonds is 7. The van der Waals surface area contributed by atoms with Crippen LogP contribution in [0, 0.1) is 5.82 Å². The summed E-state index contributed by atoms with van der Waals surface area (Å²) >= 11 is 0. The summed E-state index contributed by atoms with van der Waals surface area (Å²) in [6, 6.07) is 5.66. The first-order valence-corrected chi connectivity index (χ1v) is 11.6. The Hall–Kier alpha value is -4.32. The van der Waals surface area contributed by atoms with E-state index in [-0.39, 0.29) is 35.1 Å². The number of aliphatic imine (C=N–C) groups is 1. The number of nitrogens with zero attached hydrogens (tertiary/aromatic N) is 5. The third kappa shape index (κ3) is 4.87. The summed E-state index contributed by atoms with van der Waals surface area (Å²) in [5, 5.41) is 14.4. The van der Waals surface area contributed by atoms with Crippen LogP contribution in [0.2, 0.25) is 0 Å². The lowest BCUT2D eigenvalue weighted by Crippen LogP contribution is -2.59. The fourth-order valence-corrected chi connectivity index (χ4v) is 4.11. The Morgan fingerprint density at radius 2 is 2.14 bits per heavy atom. The van der Waals surface area contributed by atoms with Crippen molar-refractivity contribution < 1.29 is 13.9 Å². The smallest absolute Gasteiger partial charge is 0.280 e. The molecule has 1 aliphatic heterocycles. The molecule has 194 valence electrons. The maximum absolute atomic E-state index is 14.3. The Labute approximate surface area is 213 Å².